The number of fused-ring (bicyclic) bond motifs is 1. The maximum absolute atomic E-state index is 9.76. The van der Waals surface area contributed by atoms with E-state index in [0.717, 1.165) is 18.4 Å². The van der Waals surface area contributed by atoms with Crippen molar-refractivity contribution in [1.82, 2.24) is 9.88 Å². The summed E-state index contributed by atoms with van der Waals surface area (Å²) < 4.78 is 0. The summed E-state index contributed by atoms with van der Waals surface area (Å²) >= 11 is 0. The van der Waals surface area contributed by atoms with Crippen LogP contribution in [0.5, 0.6) is 5.75 Å². The Hall–Kier alpha value is -2.05. The van der Waals surface area contributed by atoms with Gasteiger partial charge >= 0.3 is 0 Å². The minimum atomic E-state index is 0.228. The molecule has 3 heteroatoms. The van der Waals surface area contributed by atoms with Gasteiger partial charge in [0.05, 0.1) is 6.54 Å². The number of aromatic nitrogens is 1. The Morgan fingerprint density at radius 1 is 1.39 bits per heavy atom. The minimum absolute atomic E-state index is 0.228. The number of hydrogen-bond acceptors (Lipinski definition) is 3. The van der Waals surface area contributed by atoms with Gasteiger partial charge in [-0.2, -0.15) is 0 Å². The molecule has 0 aliphatic carbocycles. The molecule has 0 saturated heterocycles. The fourth-order valence-electron chi connectivity index (χ4n) is 1.98. The number of phenols is 1. The molecule has 0 aliphatic rings. The Morgan fingerprint density at radius 3 is 3.00 bits per heavy atom. The molecular weight excluding hydrogens is 224 g/mol. The third-order valence-corrected chi connectivity index (χ3v) is 2.96. The molecule has 0 spiro atoms. The fourth-order valence-corrected chi connectivity index (χ4v) is 1.98. The van der Waals surface area contributed by atoms with Crippen LogP contribution in [0.1, 0.15) is 5.56 Å². The first kappa shape index (κ1) is 12.4. The summed E-state index contributed by atoms with van der Waals surface area (Å²) in [6.07, 6.45) is 7.85. The SMILES string of the molecule is C#CCN(C)CCc1ccc(O)c2ncccc12. The van der Waals surface area contributed by atoms with Crippen molar-refractivity contribution in [2.45, 2.75) is 6.42 Å². The van der Waals surface area contributed by atoms with Gasteiger partial charge in [0, 0.05) is 18.1 Å². The third-order valence-electron chi connectivity index (χ3n) is 2.96. The summed E-state index contributed by atoms with van der Waals surface area (Å²) in [5, 5.41) is 10.8. The van der Waals surface area contributed by atoms with E-state index in [1.807, 2.05) is 25.2 Å². The van der Waals surface area contributed by atoms with E-state index in [0.29, 0.717) is 12.1 Å². The van der Waals surface area contributed by atoms with Crippen LogP contribution in [0.3, 0.4) is 0 Å². The first-order valence-electron chi connectivity index (χ1n) is 5.90. The maximum Gasteiger partial charge on any atom is 0.141 e. The Balaban J connectivity index is 2.24. The van der Waals surface area contributed by atoms with Gasteiger partial charge in [-0.15, -0.1) is 6.42 Å². The number of pyridine rings is 1. The van der Waals surface area contributed by atoms with E-state index in [9.17, 15) is 5.11 Å². The van der Waals surface area contributed by atoms with Crippen molar-refractivity contribution in [3.05, 3.63) is 36.0 Å². The van der Waals surface area contributed by atoms with E-state index in [-0.39, 0.29) is 5.75 Å². The van der Waals surface area contributed by atoms with Crippen LogP contribution in [0.2, 0.25) is 0 Å². The Labute approximate surface area is 107 Å². The van der Waals surface area contributed by atoms with E-state index in [2.05, 4.69) is 15.8 Å². The van der Waals surface area contributed by atoms with Crippen LogP contribution >= 0.6 is 0 Å². The molecule has 2 rings (SSSR count). The zero-order valence-electron chi connectivity index (χ0n) is 10.4. The lowest BCUT2D eigenvalue weighted by atomic mass is 10.0. The molecule has 18 heavy (non-hydrogen) atoms. The molecule has 0 unspecified atom stereocenters. The van der Waals surface area contributed by atoms with Gasteiger partial charge < -0.3 is 5.11 Å². The Bertz CT molecular complexity index is 587. The van der Waals surface area contributed by atoms with Gasteiger partial charge in [-0.25, -0.2) is 0 Å². The molecule has 3 nitrogen and oxygen atoms in total. The van der Waals surface area contributed by atoms with Crippen molar-refractivity contribution < 1.29 is 5.11 Å². The van der Waals surface area contributed by atoms with Gasteiger partial charge in [0.15, 0.2) is 0 Å². The molecule has 0 saturated carbocycles. The van der Waals surface area contributed by atoms with Crippen molar-refractivity contribution in [2.24, 2.45) is 0 Å². The Kier molecular flexibility index (Phi) is 3.81. The lowest BCUT2D eigenvalue weighted by molar-refractivity contribution is 0.381. The highest BCUT2D eigenvalue weighted by Gasteiger charge is 2.06. The molecule has 1 aromatic carbocycles. The highest BCUT2D eigenvalue weighted by atomic mass is 16.3. The normalized spacial score (nSPS) is 10.7. The van der Waals surface area contributed by atoms with E-state index in [1.54, 1.807) is 12.3 Å². The van der Waals surface area contributed by atoms with Crippen LogP contribution < -0.4 is 0 Å². The van der Waals surface area contributed by atoms with E-state index in [4.69, 9.17) is 6.42 Å². The van der Waals surface area contributed by atoms with Crippen LogP contribution in [0.4, 0.5) is 0 Å². The second-order valence-electron chi connectivity index (χ2n) is 4.34. The van der Waals surface area contributed by atoms with Crippen LogP contribution in [0.25, 0.3) is 10.9 Å². The monoisotopic (exact) mass is 240 g/mol. The standard InChI is InChI=1S/C15H16N2O/c1-3-10-17(2)11-8-12-6-7-14(18)15-13(12)5-4-9-16-15/h1,4-7,9,18H,8,10-11H2,2H3. The first-order chi connectivity index (χ1) is 8.72. The molecule has 0 bridgehead atoms. The fraction of sp³-hybridized carbons (Fsp3) is 0.267. The average molecular weight is 240 g/mol. The molecule has 0 fully saturated rings. The lowest BCUT2D eigenvalue weighted by Gasteiger charge is -2.14. The summed E-state index contributed by atoms with van der Waals surface area (Å²) in [5.41, 5.74) is 1.84. The van der Waals surface area contributed by atoms with Crippen molar-refractivity contribution >= 4 is 10.9 Å². The summed E-state index contributed by atoms with van der Waals surface area (Å²) in [4.78, 5) is 6.30. The molecule has 1 N–H and O–H groups in total. The van der Waals surface area contributed by atoms with Gasteiger partial charge in [-0.1, -0.05) is 18.1 Å². The molecule has 92 valence electrons. The van der Waals surface area contributed by atoms with Crippen molar-refractivity contribution in [3.63, 3.8) is 0 Å². The summed E-state index contributed by atoms with van der Waals surface area (Å²) in [6, 6.07) is 7.52. The zero-order chi connectivity index (χ0) is 13.0. The summed E-state index contributed by atoms with van der Waals surface area (Å²) in [6.45, 7) is 1.53. The number of hydrogen-bond donors (Lipinski definition) is 1. The van der Waals surface area contributed by atoms with E-state index < -0.39 is 0 Å². The van der Waals surface area contributed by atoms with Gasteiger partial charge in [0.25, 0.3) is 0 Å². The predicted molar refractivity (Wildman–Crippen MR) is 73.4 cm³/mol. The van der Waals surface area contributed by atoms with Gasteiger partial charge in [0.2, 0.25) is 0 Å². The zero-order valence-corrected chi connectivity index (χ0v) is 10.4. The second kappa shape index (κ2) is 5.52. The second-order valence-corrected chi connectivity index (χ2v) is 4.34. The van der Waals surface area contributed by atoms with Crippen LogP contribution in [0.15, 0.2) is 30.5 Å². The molecule has 1 heterocycles. The van der Waals surface area contributed by atoms with E-state index in [1.165, 1.54) is 5.56 Å². The average Bonchev–Trinajstić information content (AvgIpc) is 2.39. The largest absolute Gasteiger partial charge is 0.506 e. The number of phenolic OH excluding ortho intramolecular Hbond substituents is 1. The van der Waals surface area contributed by atoms with Gasteiger partial charge in [-0.05, 0) is 31.2 Å². The lowest BCUT2D eigenvalue weighted by Crippen LogP contribution is -2.21. The summed E-state index contributed by atoms with van der Waals surface area (Å²) in [7, 11) is 2.00. The van der Waals surface area contributed by atoms with Gasteiger partial charge in [0.1, 0.15) is 11.3 Å². The molecule has 2 aromatic rings. The third kappa shape index (κ3) is 2.61. The smallest absolute Gasteiger partial charge is 0.141 e. The minimum Gasteiger partial charge on any atom is -0.506 e. The highest BCUT2D eigenvalue weighted by molar-refractivity contribution is 5.87. The van der Waals surface area contributed by atoms with Crippen LogP contribution in [-0.2, 0) is 6.42 Å². The number of nitrogens with zero attached hydrogens (tertiary/aromatic N) is 2. The first-order valence-corrected chi connectivity index (χ1v) is 5.90. The Morgan fingerprint density at radius 2 is 2.22 bits per heavy atom. The van der Waals surface area contributed by atoms with Crippen LogP contribution in [0, 0.1) is 12.3 Å². The topological polar surface area (TPSA) is 36.4 Å². The van der Waals surface area contributed by atoms with Crippen molar-refractivity contribution in [1.29, 1.82) is 0 Å². The quantitative estimate of drug-likeness (QED) is 0.831. The highest BCUT2D eigenvalue weighted by Crippen LogP contribution is 2.25. The van der Waals surface area contributed by atoms with E-state index >= 15 is 0 Å². The molecule has 0 atom stereocenters. The predicted octanol–water partition coefficient (Wildman–Crippen LogP) is 2.05. The van der Waals surface area contributed by atoms with Crippen molar-refractivity contribution in [3.8, 4) is 18.1 Å². The molecule has 0 aliphatic heterocycles. The number of aromatic hydroxyl groups is 1. The molecule has 1 aromatic heterocycles. The van der Waals surface area contributed by atoms with Crippen LogP contribution in [-0.4, -0.2) is 35.1 Å². The number of rotatable bonds is 4. The number of likely N-dealkylation sites (N-methyl/N-ethyl adjacent to an activating group) is 1. The molecule has 0 amide bonds. The van der Waals surface area contributed by atoms with Gasteiger partial charge in [-0.3, -0.25) is 9.88 Å². The molecular formula is C15H16N2O. The number of benzene rings is 1. The summed E-state index contributed by atoms with van der Waals surface area (Å²) in [5.74, 6) is 2.85. The molecule has 0 radical (unpaired) electrons. The number of terminal acetylenes is 1. The van der Waals surface area contributed by atoms with Crippen molar-refractivity contribution in [2.75, 3.05) is 20.1 Å². The maximum atomic E-state index is 9.76.